The van der Waals surface area contributed by atoms with Crippen molar-refractivity contribution in [3.05, 3.63) is 45.9 Å². The standard InChI is InChI=1S/C57H94N10O9S/c1-12-16-17-21-40(33-46(35(5)6)67(29-13-2)55(73)49(37(9)14-3)65-52(71)45-23-18-19-30-66(45)11)54-63-44(34-77-54)51(70)61-42(31-38(10)56(74)75)32-39-24-26-41(27-25-39)60-50(69)43(22-20-28-59-57(58)76)62-53(72)48(36(7)8)64-47(68)15-4/h24-27,34-38,40,42-43,45-46,48-49H,12-23,28-33H2,1-11H3,(H,60,69)(H,61,70)(H,62,72)(H,64,68)(H,65,71)(H,74,75)(H3,58,59,76)/t37-,38-,40+,42+,43-,45+,46?,48?,49-/m0/s1. The Balaban J connectivity index is 1.86. The minimum atomic E-state index is -1.02. The molecule has 0 spiro atoms. The Kier molecular flexibility index (Phi) is 28.7. The number of carboxylic acids is 1. The molecule has 1 aromatic heterocycles. The maximum Gasteiger partial charge on any atom is 0.312 e. The summed E-state index contributed by atoms with van der Waals surface area (Å²) in [6.45, 7) is 21.0. The first-order valence-corrected chi connectivity index (χ1v) is 29.3. The number of nitrogens with zero attached hydrogens (tertiary/aromatic N) is 3. The van der Waals surface area contributed by atoms with Crippen molar-refractivity contribution in [1.29, 1.82) is 0 Å². The molecule has 3 rings (SSSR count). The number of rotatable bonds is 34. The lowest BCUT2D eigenvalue weighted by molar-refractivity contribution is -0.142. The van der Waals surface area contributed by atoms with Gasteiger partial charge in [0.1, 0.15) is 23.8 Å². The van der Waals surface area contributed by atoms with Crippen molar-refractivity contribution < 1.29 is 43.5 Å². The number of benzene rings is 1. The average molecular weight is 1100 g/mol. The molecule has 1 aliphatic heterocycles. The van der Waals surface area contributed by atoms with Gasteiger partial charge in [-0.05, 0) is 107 Å². The highest BCUT2D eigenvalue weighted by Crippen LogP contribution is 2.34. The molecule has 0 bridgehead atoms. The Labute approximate surface area is 462 Å². The highest BCUT2D eigenvalue weighted by molar-refractivity contribution is 7.09. The second-order valence-corrected chi connectivity index (χ2v) is 22.8. The first-order valence-electron chi connectivity index (χ1n) is 28.4. The predicted octanol–water partition coefficient (Wildman–Crippen LogP) is 7.35. The van der Waals surface area contributed by atoms with E-state index >= 15 is 0 Å². The Morgan fingerprint density at radius 2 is 1.52 bits per heavy atom. The molecule has 0 aliphatic carbocycles. The molecule has 432 valence electrons. The monoisotopic (exact) mass is 1090 g/mol. The van der Waals surface area contributed by atoms with Crippen LogP contribution in [0.4, 0.5) is 10.5 Å². The van der Waals surface area contributed by atoms with Gasteiger partial charge in [-0.25, -0.2) is 9.78 Å². The van der Waals surface area contributed by atoms with Gasteiger partial charge >= 0.3 is 12.0 Å². The van der Waals surface area contributed by atoms with Gasteiger partial charge in [-0.15, -0.1) is 11.3 Å². The van der Waals surface area contributed by atoms with E-state index in [0.717, 1.165) is 74.9 Å². The van der Waals surface area contributed by atoms with Gasteiger partial charge in [0.05, 0.1) is 17.0 Å². The van der Waals surface area contributed by atoms with Crippen LogP contribution in [0.2, 0.25) is 0 Å². The number of primary amides is 1. The van der Waals surface area contributed by atoms with Gasteiger partial charge < -0.3 is 47.6 Å². The SMILES string of the molecule is CCCCC[C@H](CC(C(C)C)N(CCC)C(=O)[C@@H](NC(=O)[C@H]1CCCCN1C)[C@@H](C)CC)c1nc(C(=O)N[C@@H](Cc2ccc(NC(=O)[C@H](CCCNC(N)=O)NC(=O)C(NC(=O)CC)C(C)C)cc2)C[C@H](C)C(=O)O)cs1. The maximum atomic E-state index is 14.9. The first-order chi connectivity index (χ1) is 36.5. The third kappa shape index (κ3) is 21.6. The van der Waals surface area contributed by atoms with Gasteiger partial charge in [-0.2, -0.15) is 0 Å². The third-order valence-electron chi connectivity index (χ3n) is 14.8. The number of thiazole rings is 1. The van der Waals surface area contributed by atoms with Crippen LogP contribution < -0.4 is 37.6 Å². The van der Waals surface area contributed by atoms with Gasteiger partial charge in [-0.1, -0.05) is 113 Å². The van der Waals surface area contributed by atoms with Crippen LogP contribution in [0.15, 0.2) is 29.6 Å². The number of likely N-dealkylation sites (N-methyl/N-ethyl adjacent to an activating group) is 1. The topological polar surface area (TPSA) is 274 Å². The van der Waals surface area contributed by atoms with Crippen LogP contribution in [0.25, 0.3) is 0 Å². The summed E-state index contributed by atoms with van der Waals surface area (Å²) < 4.78 is 0. The number of aromatic nitrogens is 1. The smallest absolute Gasteiger partial charge is 0.312 e. The summed E-state index contributed by atoms with van der Waals surface area (Å²) in [4.78, 5) is 115. The molecule has 20 heteroatoms. The summed E-state index contributed by atoms with van der Waals surface area (Å²) in [6.07, 6.45) is 9.74. The number of likely N-dealkylation sites (tertiary alicyclic amines) is 1. The lowest BCUT2D eigenvalue weighted by Gasteiger charge is -2.40. The quantitative estimate of drug-likeness (QED) is 0.0321. The Morgan fingerprint density at radius 3 is 2.10 bits per heavy atom. The van der Waals surface area contributed by atoms with Gasteiger partial charge in [0, 0.05) is 48.6 Å². The van der Waals surface area contributed by atoms with Gasteiger partial charge in [0.15, 0.2) is 0 Å². The van der Waals surface area contributed by atoms with Crippen LogP contribution in [0.3, 0.4) is 0 Å². The number of nitrogens with one attached hydrogen (secondary N) is 6. The van der Waals surface area contributed by atoms with Crippen LogP contribution >= 0.6 is 11.3 Å². The molecule has 2 heterocycles. The second-order valence-electron chi connectivity index (χ2n) is 21.9. The van der Waals surface area contributed by atoms with Crippen molar-refractivity contribution in [2.24, 2.45) is 29.4 Å². The molecule has 2 aromatic rings. The molecule has 1 aliphatic rings. The second kappa shape index (κ2) is 33.6. The number of amides is 8. The van der Waals surface area contributed by atoms with Gasteiger partial charge in [0.25, 0.3) is 5.91 Å². The van der Waals surface area contributed by atoms with Gasteiger partial charge in [-0.3, -0.25) is 38.5 Å². The predicted molar refractivity (Wildman–Crippen MR) is 303 cm³/mol. The number of carboxylic acid groups (broad SMARTS) is 1. The largest absolute Gasteiger partial charge is 0.481 e. The Bertz CT molecular complexity index is 2210. The number of hydrogen-bond donors (Lipinski definition) is 8. The fourth-order valence-corrected chi connectivity index (χ4v) is 10.8. The molecule has 9 N–H and O–H groups in total. The fraction of sp³-hybridized carbons (Fsp3) is 0.702. The number of carbonyl (C=O) groups excluding carboxylic acids is 7. The molecule has 1 fully saturated rings. The maximum absolute atomic E-state index is 14.9. The zero-order valence-electron chi connectivity index (χ0n) is 48.0. The van der Waals surface area contributed by atoms with Gasteiger partial charge in [0.2, 0.25) is 29.5 Å². The summed E-state index contributed by atoms with van der Waals surface area (Å²) in [5.41, 5.74) is 6.63. The van der Waals surface area contributed by atoms with Crippen molar-refractivity contribution in [2.45, 2.75) is 208 Å². The number of piperidine rings is 1. The van der Waals surface area contributed by atoms with E-state index in [-0.39, 0.29) is 91.4 Å². The number of urea groups is 1. The summed E-state index contributed by atoms with van der Waals surface area (Å²) in [6, 6.07) is 2.58. The summed E-state index contributed by atoms with van der Waals surface area (Å²) in [5.74, 6) is -4.04. The molecular formula is C57H94N10O9S. The zero-order valence-corrected chi connectivity index (χ0v) is 48.8. The van der Waals surface area contributed by atoms with E-state index in [1.807, 2.05) is 25.8 Å². The number of carbonyl (C=O) groups is 8. The molecule has 19 nitrogen and oxygen atoms in total. The van der Waals surface area contributed by atoms with E-state index < -0.39 is 59.8 Å². The number of hydrogen-bond acceptors (Lipinski definition) is 11. The Hall–Kier alpha value is -5.63. The molecule has 8 amide bonds. The number of unbranched alkanes of at least 4 members (excludes halogenated alkanes) is 2. The molecule has 1 saturated heterocycles. The van der Waals surface area contributed by atoms with Crippen LogP contribution in [-0.2, 0) is 35.2 Å². The third-order valence-corrected chi connectivity index (χ3v) is 15.8. The van der Waals surface area contributed by atoms with Crippen molar-refractivity contribution >= 4 is 64.5 Å². The van der Waals surface area contributed by atoms with E-state index in [1.165, 1.54) is 11.3 Å². The van der Waals surface area contributed by atoms with Crippen molar-refractivity contribution in [3.63, 3.8) is 0 Å². The van der Waals surface area contributed by atoms with Crippen molar-refractivity contribution in [3.8, 4) is 0 Å². The van der Waals surface area contributed by atoms with Crippen LogP contribution in [0.1, 0.15) is 186 Å². The lowest BCUT2D eigenvalue weighted by Crippen LogP contribution is -2.58. The van der Waals surface area contributed by atoms with E-state index in [9.17, 15) is 43.5 Å². The van der Waals surface area contributed by atoms with Crippen molar-refractivity contribution in [2.75, 3.05) is 32.0 Å². The lowest BCUT2D eigenvalue weighted by atomic mass is 9.87. The van der Waals surface area contributed by atoms with Crippen LogP contribution in [-0.4, -0.2) is 130 Å². The summed E-state index contributed by atoms with van der Waals surface area (Å²) in [7, 11) is 1.98. The molecule has 0 saturated carbocycles. The van der Waals surface area contributed by atoms with Crippen LogP contribution in [0.5, 0.6) is 0 Å². The minimum Gasteiger partial charge on any atom is -0.481 e. The fourth-order valence-electron chi connectivity index (χ4n) is 9.89. The first kappa shape index (κ1) is 65.7. The van der Waals surface area contributed by atoms with Crippen molar-refractivity contribution in [1.82, 2.24) is 41.4 Å². The average Bonchev–Trinajstić information content (AvgIpc) is 3.89. The number of aliphatic carboxylic acids is 1. The molecule has 0 radical (unpaired) electrons. The number of anilines is 1. The molecular weight excluding hydrogens is 1000 g/mol. The minimum absolute atomic E-state index is 0.0576. The van der Waals surface area contributed by atoms with E-state index in [2.05, 4.69) is 64.5 Å². The molecule has 9 atom stereocenters. The molecule has 2 unspecified atom stereocenters. The van der Waals surface area contributed by atoms with E-state index in [4.69, 9.17) is 10.7 Å². The van der Waals surface area contributed by atoms with E-state index in [0.29, 0.717) is 25.1 Å². The summed E-state index contributed by atoms with van der Waals surface area (Å²) in [5, 5.41) is 29.6. The van der Waals surface area contributed by atoms with E-state index in [1.54, 1.807) is 57.3 Å². The Morgan fingerprint density at radius 1 is 0.818 bits per heavy atom. The normalized spacial score (nSPS) is 16.9. The highest BCUT2D eigenvalue weighted by Gasteiger charge is 2.38. The summed E-state index contributed by atoms with van der Waals surface area (Å²) >= 11 is 1.42. The highest BCUT2D eigenvalue weighted by atomic mass is 32.1. The molecule has 1 aromatic carbocycles. The zero-order chi connectivity index (χ0) is 57.4. The molecule has 77 heavy (non-hydrogen) atoms. The van der Waals surface area contributed by atoms with Crippen LogP contribution in [0, 0.1) is 23.7 Å². The number of nitrogens with two attached hydrogens (primary N) is 1.